The summed E-state index contributed by atoms with van der Waals surface area (Å²) in [7, 11) is 1.40. The summed E-state index contributed by atoms with van der Waals surface area (Å²) in [4.78, 5) is 17.9. The van der Waals surface area contributed by atoms with Crippen LogP contribution in [0.25, 0.3) is 0 Å². The Morgan fingerprint density at radius 3 is 3.19 bits per heavy atom. The summed E-state index contributed by atoms with van der Waals surface area (Å²) < 4.78 is 4.62. The second-order valence-corrected chi connectivity index (χ2v) is 4.90. The lowest BCUT2D eigenvalue weighted by Crippen LogP contribution is -2.26. The molecule has 0 radical (unpaired) electrons. The van der Waals surface area contributed by atoms with Gasteiger partial charge >= 0.3 is 5.97 Å². The third-order valence-corrected chi connectivity index (χ3v) is 3.82. The Labute approximate surface area is 99.2 Å². The molecule has 1 unspecified atom stereocenters. The average molecular weight is 240 g/mol. The number of hydrogen-bond acceptors (Lipinski definition) is 5. The van der Waals surface area contributed by atoms with Gasteiger partial charge in [0.1, 0.15) is 0 Å². The molecule has 0 N–H and O–H groups in total. The first-order chi connectivity index (χ1) is 7.70. The molecule has 4 nitrogen and oxygen atoms in total. The van der Waals surface area contributed by atoms with Crippen molar-refractivity contribution in [2.24, 2.45) is 0 Å². The average Bonchev–Trinajstić information content (AvgIpc) is 2.86. The Hall–Kier alpha value is -1.10. The zero-order chi connectivity index (χ0) is 11.5. The van der Waals surface area contributed by atoms with Crippen LogP contribution in [0.1, 0.15) is 25.5 Å². The topological polar surface area (TPSA) is 42.4 Å². The first-order valence-corrected chi connectivity index (χ1v) is 6.36. The first kappa shape index (κ1) is 11.4. The monoisotopic (exact) mass is 240 g/mol. The van der Waals surface area contributed by atoms with E-state index in [0.717, 1.165) is 17.4 Å². The maximum absolute atomic E-state index is 11.1. The maximum atomic E-state index is 11.1. The van der Waals surface area contributed by atoms with E-state index in [0.29, 0.717) is 6.04 Å². The molecule has 0 saturated carbocycles. The first-order valence-electron chi connectivity index (χ1n) is 5.48. The van der Waals surface area contributed by atoms with Gasteiger partial charge < -0.3 is 9.64 Å². The van der Waals surface area contributed by atoms with E-state index in [1.54, 1.807) is 11.3 Å². The molecule has 1 aliphatic rings. The minimum absolute atomic E-state index is 0.230. The third-order valence-electron chi connectivity index (χ3n) is 2.89. The van der Waals surface area contributed by atoms with Crippen molar-refractivity contribution in [2.75, 3.05) is 18.6 Å². The number of ether oxygens (including phenoxy) is 1. The molecule has 0 aliphatic carbocycles. The third kappa shape index (κ3) is 2.35. The zero-order valence-electron chi connectivity index (χ0n) is 9.60. The Kier molecular flexibility index (Phi) is 3.43. The maximum Gasteiger partial charge on any atom is 0.311 e. The fourth-order valence-corrected chi connectivity index (χ4v) is 2.90. The van der Waals surface area contributed by atoms with Crippen LogP contribution in [0.5, 0.6) is 0 Å². The molecule has 2 heterocycles. The van der Waals surface area contributed by atoms with Crippen molar-refractivity contribution in [3.63, 3.8) is 0 Å². The molecule has 1 aromatic rings. The van der Waals surface area contributed by atoms with Gasteiger partial charge in [-0.25, -0.2) is 4.98 Å². The molecule has 2 rings (SSSR count). The Balaban J connectivity index is 2.04. The number of carbonyl (C=O) groups is 1. The normalized spacial score (nSPS) is 20.1. The molecule has 1 atom stereocenters. The van der Waals surface area contributed by atoms with Crippen molar-refractivity contribution in [3.8, 4) is 0 Å². The molecule has 0 spiro atoms. The molecular weight excluding hydrogens is 224 g/mol. The molecule has 1 fully saturated rings. The largest absolute Gasteiger partial charge is 0.469 e. The van der Waals surface area contributed by atoms with Crippen LogP contribution >= 0.6 is 11.3 Å². The van der Waals surface area contributed by atoms with Gasteiger partial charge in [0.15, 0.2) is 5.13 Å². The molecule has 0 aromatic carbocycles. The Bertz CT molecular complexity index is 378. The van der Waals surface area contributed by atoms with Gasteiger partial charge in [0, 0.05) is 18.0 Å². The van der Waals surface area contributed by atoms with Crippen LogP contribution in [0.2, 0.25) is 0 Å². The van der Waals surface area contributed by atoms with E-state index in [9.17, 15) is 4.79 Å². The second-order valence-electron chi connectivity index (χ2n) is 4.06. The SMILES string of the molecule is COC(=O)Cc1csc(N2CCCC2C)n1. The van der Waals surface area contributed by atoms with Crippen molar-refractivity contribution in [1.82, 2.24) is 4.98 Å². The highest BCUT2D eigenvalue weighted by Gasteiger charge is 2.23. The molecule has 0 amide bonds. The lowest BCUT2D eigenvalue weighted by molar-refractivity contribution is -0.139. The van der Waals surface area contributed by atoms with Crippen molar-refractivity contribution in [1.29, 1.82) is 0 Å². The van der Waals surface area contributed by atoms with E-state index in [1.807, 2.05) is 5.38 Å². The van der Waals surface area contributed by atoms with Crippen LogP contribution in [0.15, 0.2) is 5.38 Å². The molecule has 0 bridgehead atoms. The number of aromatic nitrogens is 1. The summed E-state index contributed by atoms with van der Waals surface area (Å²) in [6, 6.07) is 0.567. The van der Waals surface area contributed by atoms with Crippen molar-refractivity contribution in [2.45, 2.75) is 32.2 Å². The Morgan fingerprint density at radius 1 is 1.75 bits per heavy atom. The molecule has 88 valence electrons. The van der Waals surface area contributed by atoms with Crippen LogP contribution < -0.4 is 4.90 Å². The summed E-state index contributed by atoms with van der Waals surface area (Å²) in [5, 5.41) is 2.97. The van der Waals surface area contributed by atoms with Gasteiger partial charge in [-0.3, -0.25) is 4.79 Å². The van der Waals surface area contributed by atoms with E-state index in [2.05, 4.69) is 21.5 Å². The smallest absolute Gasteiger partial charge is 0.311 e. The fourth-order valence-electron chi connectivity index (χ4n) is 1.95. The lowest BCUT2D eigenvalue weighted by Gasteiger charge is -2.19. The highest BCUT2D eigenvalue weighted by atomic mass is 32.1. The minimum Gasteiger partial charge on any atom is -0.469 e. The van der Waals surface area contributed by atoms with Gasteiger partial charge in [-0.2, -0.15) is 0 Å². The standard InChI is InChI=1S/C11H16N2O2S/c1-8-4-3-5-13(8)11-12-9(7-16-11)6-10(14)15-2/h7-8H,3-6H2,1-2H3. The van der Waals surface area contributed by atoms with Crippen LogP contribution in [-0.2, 0) is 16.0 Å². The lowest BCUT2D eigenvalue weighted by atomic mass is 10.2. The second kappa shape index (κ2) is 4.82. The van der Waals surface area contributed by atoms with Gasteiger partial charge in [0.2, 0.25) is 0 Å². The van der Waals surface area contributed by atoms with Gasteiger partial charge in [0.05, 0.1) is 19.2 Å². The molecular formula is C11H16N2O2S. The highest BCUT2D eigenvalue weighted by Crippen LogP contribution is 2.28. The number of nitrogens with zero attached hydrogens (tertiary/aromatic N) is 2. The van der Waals surface area contributed by atoms with Crippen molar-refractivity contribution >= 4 is 22.4 Å². The number of methoxy groups -OCH3 is 1. The van der Waals surface area contributed by atoms with Gasteiger partial charge in [-0.15, -0.1) is 11.3 Å². The van der Waals surface area contributed by atoms with E-state index < -0.39 is 0 Å². The number of hydrogen-bond donors (Lipinski definition) is 0. The highest BCUT2D eigenvalue weighted by molar-refractivity contribution is 7.13. The summed E-state index contributed by atoms with van der Waals surface area (Å²) in [6.07, 6.45) is 2.73. The van der Waals surface area contributed by atoms with Gasteiger partial charge in [0.25, 0.3) is 0 Å². The molecule has 1 aliphatic heterocycles. The number of carbonyl (C=O) groups excluding carboxylic acids is 1. The summed E-state index contributed by atoms with van der Waals surface area (Å²) in [5.41, 5.74) is 0.811. The molecule has 5 heteroatoms. The fraction of sp³-hybridized carbons (Fsp3) is 0.636. The summed E-state index contributed by atoms with van der Waals surface area (Å²) >= 11 is 1.61. The van der Waals surface area contributed by atoms with Crippen LogP contribution in [0.3, 0.4) is 0 Å². The van der Waals surface area contributed by atoms with Crippen molar-refractivity contribution in [3.05, 3.63) is 11.1 Å². The van der Waals surface area contributed by atoms with E-state index in [-0.39, 0.29) is 12.4 Å². The zero-order valence-corrected chi connectivity index (χ0v) is 10.4. The van der Waals surface area contributed by atoms with Crippen molar-refractivity contribution < 1.29 is 9.53 Å². The van der Waals surface area contributed by atoms with E-state index in [1.165, 1.54) is 20.0 Å². The van der Waals surface area contributed by atoms with Crippen LogP contribution in [0.4, 0.5) is 5.13 Å². The van der Waals surface area contributed by atoms with Crippen LogP contribution in [0, 0.1) is 0 Å². The predicted molar refractivity (Wildman–Crippen MR) is 63.9 cm³/mol. The summed E-state index contributed by atoms with van der Waals surface area (Å²) in [6.45, 7) is 3.29. The number of esters is 1. The minimum atomic E-state index is -0.230. The summed E-state index contributed by atoms with van der Waals surface area (Å²) in [5.74, 6) is -0.230. The van der Waals surface area contributed by atoms with E-state index in [4.69, 9.17) is 0 Å². The number of anilines is 1. The predicted octanol–water partition coefficient (Wildman–Crippen LogP) is 1.85. The van der Waals surface area contributed by atoms with Gasteiger partial charge in [-0.05, 0) is 19.8 Å². The Morgan fingerprint density at radius 2 is 2.56 bits per heavy atom. The van der Waals surface area contributed by atoms with E-state index >= 15 is 0 Å². The van der Waals surface area contributed by atoms with Gasteiger partial charge in [-0.1, -0.05) is 0 Å². The van der Waals surface area contributed by atoms with Crippen LogP contribution in [-0.4, -0.2) is 30.6 Å². The molecule has 16 heavy (non-hydrogen) atoms. The molecule has 1 aromatic heterocycles. The number of rotatable bonds is 3. The quantitative estimate of drug-likeness (QED) is 0.756. The molecule has 1 saturated heterocycles. The number of thiazole rings is 1.